The molecule has 5 nitrogen and oxygen atoms in total. The zero-order valence-electron chi connectivity index (χ0n) is 12.2. The number of amides is 1. The average molecular weight is 262 g/mol. The molecule has 0 unspecified atom stereocenters. The highest BCUT2D eigenvalue weighted by Gasteiger charge is 2.64. The van der Waals surface area contributed by atoms with E-state index in [2.05, 4.69) is 48.5 Å². The molecule has 1 amide bonds. The van der Waals surface area contributed by atoms with Crippen LogP contribution < -0.4 is 10.6 Å². The van der Waals surface area contributed by atoms with Gasteiger partial charge in [-0.1, -0.05) is 27.7 Å². The fraction of sp³-hybridized carbons (Fsp3) is 0.643. The van der Waals surface area contributed by atoms with Crippen LogP contribution in [0.15, 0.2) is 12.1 Å². The van der Waals surface area contributed by atoms with Crippen molar-refractivity contribution < 1.29 is 4.79 Å². The summed E-state index contributed by atoms with van der Waals surface area (Å²) in [6, 6.07) is 3.47. The highest BCUT2D eigenvalue weighted by atomic mass is 16.1. The van der Waals surface area contributed by atoms with Crippen molar-refractivity contribution in [1.29, 1.82) is 0 Å². The second-order valence-electron chi connectivity index (χ2n) is 6.26. The molecule has 0 spiro atoms. The van der Waals surface area contributed by atoms with Gasteiger partial charge in [0, 0.05) is 13.6 Å². The summed E-state index contributed by atoms with van der Waals surface area (Å²) in [5.74, 6) is 1.12. The van der Waals surface area contributed by atoms with Gasteiger partial charge in [-0.15, -0.1) is 10.2 Å². The SMILES string of the molecule is CNC(=O)c1ccc(NCC2C(C)(C)C2(C)C)nn1. The third kappa shape index (κ3) is 2.29. The molecular formula is C14H22N4O. The van der Waals surface area contributed by atoms with E-state index < -0.39 is 0 Å². The topological polar surface area (TPSA) is 66.9 Å². The number of rotatable bonds is 4. The smallest absolute Gasteiger partial charge is 0.271 e. The maximum absolute atomic E-state index is 11.3. The maximum Gasteiger partial charge on any atom is 0.271 e. The van der Waals surface area contributed by atoms with Gasteiger partial charge in [-0.2, -0.15) is 0 Å². The summed E-state index contributed by atoms with van der Waals surface area (Å²) in [6.45, 7) is 10.0. The van der Waals surface area contributed by atoms with Crippen LogP contribution in [0.5, 0.6) is 0 Å². The normalized spacial score (nSPS) is 19.8. The molecule has 5 heteroatoms. The van der Waals surface area contributed by atoms with Crippen molar-refractivity contribution in [2.75, 3.05) is 18.9 Å². The van der Waals surface area contributed by atoms with Gasteiger partial charge in [-0.25, -0.2) is 0 Å². The fourth-order valence-corrected chi connectivity index (χ4v) is 2.73. The Bertz CT molecular complexity index is 465. The Labute approximate surface area is 114 Å². The van der Waals surface area contributed by atoms with Crippen LogP contribution in [-0.2, 0) is 0 Å². The Hall–Kier alpha value is -1.65. The molecule has 1 saturated carbocycles. The fourth-order valence-electron chi connectivity index (χ4n) is 2.73. The summed E-state index contributed by atoms with van der Waals surface area (Å²) in [6.07, 6.45) is 0. The van der Waals surface area contributed by atoms with Gasteiger partial charge >= 0.3 is 0 Å². The molecule has 0 radical (unpaired) electrons. The highest BCUT2D eigenvalue weighted by molar-refractivity contribution is 5.91. The number of hydrogen-bond donors (Lipinski definition) is 2. The molecule has 0 saturated heterocycles. The van der Waals surface area contributed by atoms with Gasteiger partial charge < -0.3 is 10.6 Å². The monoisotopic (exact) mass is 262 g/mol. The number of aromatic nitrogens is 2. The first-order valence-electron chi connectivity index (χ1n) is 6.60. The van der Waals surface area contributed by atoms with Gasteiger partial charge in [0.25, 0.3) is 5.91 Å². The van der Waals surface area contributed by atoms with E-state index in [9.17, 15) is 4.79 Å². The van der Waals surface area contributed by atoms with Crippen LogP contribution in [0.4, 0.5) is 5.82 Å². The summed E-state index contributed by atoms with van der Waals surface area (Å²) in [5, 5.41) is 13.7. The summed E-state index contributed by atoms with van der Waals surface area (Å²) < 4.78 is 0. The molecule has 1 aromatic heterocycles. The van der Waals surface area contributed by atoms with Crippen LogP contribution in [0.1, 0.15) is 38.2 Å². The third-order valence-electron chi connectivity index (χ3n) is 4.93. The molecule has 104 valence electrons. The van der Waals surface area contributed by atoms with Gasteiger partial charge in [-0.05, 0) is 28.9 Å². The van der Waals surface area contributed by atoms with E-state index in [1.165, 1.54) is 0 Å². The molecule has 0 aromatic carbocycles. The molecule has 0 bridgehead atoms. The molecule has 2 N–H and O–H groups in total. The lowest BCUT2D eigenvalue weighted by Gasteiger charge is -2.06. The van der Waals surface area contributed by atoms with E-state index in [1.807, 2.05) is 0 Å². The number of carbonyl (C=O) groups excluding carboxylic acids is 1. The lowest BCUT2D eigenvalue weighted by Crippen LogP contribution is -2.20. The predicted octanol–water partition coefficient (Wildman–Crippen LogP) is 1.93. The van der Waals surface area contributed by atoms with Crippen molar-refractivity contribution in [3.05, 3.63) is 17.8 Å². The van der Waals surface area contributed by atoms with E-state index in [0.29, 0.717) is 28.3 Å². The Balaban J connectivity index is 1.93. The minimum Gasteiger partial charge on any atom is -0.368 e. The van der Waals surface area contributed by atoms with Crippen molar-refractivity contribution in [1.82, 2.24) is 15.5 Å². The lowest BCUT2D eigenvalue weighted by molar-refractivity contribution is 0.0957. The minimum absolute atomic E-state index is 0.219. The molecule has 1 aliphatic carbocycles. The molecule has 0 atom stereocenters. The Morgan fingerprint density at radius 2 is 1.84 bits per heavy atom. The van der Waals surface area contributed by atoms with Crippen LogP contribution in [0, 0.1) is 16.7 Å². The summed E-state index contributed by atoms with van der Waals surface area (Å²) in [5.41, 5.74) is 1.05. The van der Waals surface area contributed by atoms with Gasteiger partial charge in [0.1, 0.15) is 5.82 Å². The summed E-state index contributed by atoms with van der Waals surface area (Å²) >= 11 is 0. The average Bonchev–Trinajstić information content (AvgIpc) is 2.77. The first-order valence-corrected chi connectivity index (χ1v) is 6.60. The Kier molecular flexibility index (Phi) is 3.24. The van der Waals surface area contributed by atoms with Crippen LogP contribution >= 0.6 is 0 Å². The van der Waals surface area contributed by atoms with Crippen LogP contribution in [0.2, 0.25) is 0 Å². The maximum atomic E-state index is 11.3. The molecule has 1 aliphatic rings. The van der Waals surface area contributed by atoms with E-state index >= 15 is 0 Å². The zero-order chi connectivity index (χ0) is 14.3. The van der Waals surface area contributed by atoms with Gasteiger partial charge in [0.05, 0.1) is 0 Å². The third-order valence-corrected chi connectivity index (χ3v) is 4.93. The molecule has 1 aromatic rings. The second-order valence-corrected chi connectivity index (χ2v) is 6.26. The van der Waals surface area contributed by atoms with Crippen molar-refractivity contribution >= 4 is 11.7 Å². The first kappa shape index (κ1) is 13.8. The lowest BCUT2D eigenvalue weighted by atomic mass is 10.0. The predicted molar refractivity (Wildman–Crippen MR) is 75.0 cm³/mol. The van der Waals surface area contributed by atoms with E-state index in [1.54, 1.807) is 19.2 Å². The molecule has 1 fully saturated rings. The number of anilines is 1. The van der Waals surface area contributed by atoms with Crippen LogP contribution in [-0.4, -0.2) is 29.7 Å². The van der Waals surface area contributed by atoms with Gasteiger partial charge in [-0.3, -0.25) is 4.79 Å². The zero-order valence-corrected chi connectivity index (χ0v) is 12.2. The van der Waals surface area contributed by atoms with E-state index in [4.69, 9.17) is 0 Å². The number of carbonyl (C=O) groups is 1. The molecule has 1 heterocycles. The van der Waals surface area contributed by atoms with Crippen molar-refractivity contribution in [3.8, 4) is 0 Å². The summed E-state index contributed by atoms with van der Waals surface area (Å²) in [4.78, 5) is 11.3. The first-order chi connectivity index (χ1) is 8.80. The standard InChI is InChI=1S/C14H22N4O/c1-13(2)10(14(13,3)4)8-16-11-7-6-9(17-18-11)12(19)15-5/h6-7,10H,8H2,1-5H3,(H,15,19)(H,16,18). The molecule has 2 rings (SSSR count). The quantitative estimate of drug-likeness (QED) is 0.870. The number of nitrogens with zero attached hydrogens (tertiary/aromatic N) is 2. The van der Waals surface area contributed by atoms with Gasteiger partial charge in [0.15, 0.2) is 5.69 Å². The Morgan fingerprint density at radius 1 is 1.21 bits per heavy atom. The number of nitrogens with one attached hydrogen (secondary N) is 2. The van der Waals surface area contributed by atoms with Crippen molar-refractivity contribution in [2.24, 2.45) is 16.7 Å². The second kappa shape index (κ2) is 4.47. The largest absolute Gasteiger partial charge is 0.368 e. The van der Waals surface area contributed by atoms with Crippen molar-refractivity contribution in [2.45, 2.75) is 27.7 Å². The van der Waals surface area contributed by atoms with Crippen LogP contribution in [0.3, 0.4) is 0 Å². The van der Waals surface area contributed by atoms with E-state index in [0.717, 1.165) is 6.54 Å². The van der Waals surface area contributed by atoms with E-state index in [-0.39, 0.29) is 5.91 Å². The highest BCUT2D eigenvalue weighted by Crippen LogP contribution is 2.68. The number of hydrogen-bond acceptors (Lipinski definition) is 4. The molecule has 0 aliphatic heterocycles. The Morgan fingerprint density at radius 3 is 2.26 bits per heavy atom. The summed E-state index contributed by atoms with van der Waals surface area (Å²) in [7, 11) is 1.58. The van der Waals surface area contributed by atoms with Crippen molar-refractivity contribution in [3.63, 3.8) is 0 Å². The minimum atomic E-state index is -0.219. The molecule has 19 heavy (non-hydrogen) atoms. The van der Waals surface area contributed by atoms with Gasteiger partial charge in [0.2, 0.25) is 0 Å². The van der Waals surface area contributed by atoms with Crippen LogP contribution in [0.25, 0.3) is 0 Å². The molecular weight excluding hydrogens is 240 g/mol.